The molecule has 4 nitrogen and oxygen atoms in total. The molecule has 0 aliphatic heterocycles. The molecule has 2 N–H and O–H groups in total. The van der Waals surface area contributed by atoms with Crippen LogP contribution in [0, 0.1) is 0 Å². The highest BCUT2D eigenvalue weighted by Crippen LogP contribution is 2.47. The van der Waals surface area contributed by atoms with Crippen LogP contribution in [0.25, 0.3) is 0 Å². The van der Waals surface area contributed by atoms with E-state index in [2.05, 4.69) is 10.6 Å². The maximum Gasteiger partial charge on any atom is 0.408 e. The first-order chi connectivity index (χ1) is 8.28. The average Bonchev–Trinajstić information content (AvgIpc) is 2.92. The molecule has 0 radical (unpaired) electrons. The molecular weight excluding hydrogens is 228 g/mol. The Morgan fingerprint density at radius 3 is 2.11 bits per heavy atom. The summed E-state index contributed by atoms with van der Waals surface area (Å²) in [6.07, 6.45) is 6.58. The van der Waals surface area contributed by atoms with Gasteiger partial charge in [-0.15, -0.1) is 0 Å². The Morgan fingerprint density at radius 2 is 1.78 bits per heavy atom. The number of nitrogens with one attached hydrogen (secondary N) is 2. The smallest absolute Gasteiger partial charge is 0.408 e. The number of hydrogen-bond acceptors (Lipinski definition) is 3. The molecule has 0 unspecified atom stereocenters. The van der Waals surface area contributed by atoms with Crippen LogP contribution >= 0.6 is 0 Å². The minimum absolute atomic E-state index is 0.0259. The molecule has 2 fully saturated rings. The standard InChI is InChI=1S/C14H26N2O2/c1-12(2,3)18-11(17)16-14(6-5-7-14)10-13(15-4)8-9-13/h15H,5-10H2,1-4H3,(H,16,17). The van der Waals surface area contributed by atoms with E-state index in [0.29, 0.717) is 0 Å². The van der Waals surface area contributed by atoms with E-state index in [-0.39, 0.29) is 17.2 Å². The summed E-state index contributed by atoms with van der Waals surface area (Å²) in [5.41, 5.74) is -0.174. The van der Waals surface area contributed by atoms with Gasteiger partial charge in [-0.25, -0.2) is 4.79 Å². The molecule has 2 aliphatic rings. The zero-order valence-electron chi connectivity index (χ0n) is 12.1. The summed E-state index contributed by atoms with van der Waals surface area (Å²) >= 11 is 0. The van der Waals surface area contributed by atoms with Gasteiger partial charge in [0.05, 0.1) is 0 Å². The Kier molecular flexibility index (Phi) is 3.34. The average molecular weight is 254 g/mol. The van der Waals surface area contributed by atoms with Gasteiger partial charge in [0.15, 0.2) is 0 Å². The predicted octanol–water partition coefficient (Wildman–Crippen LogP) is 2.58. The minimum Gasteiger partial charge on any atom is -0.444 e. The summed E-state index contributed by atoms with van der Waals surface area (Å²) in [7, 11) is 2.02. The molecule has 2 saturated carbocycles. The number of hydrogen-bond donors (Lipinski definition) is 2. The number of rotatable bonds is 4. The molecule has 4 heteroatoms. The maximum absolute atomic E-state index is 11.9. The molecule has 0 saturated heterocycles. The summed E-state index contributed by atoms with van der Waals surface area (Å²) in [5.74, 6) is 0. The normalized spacial score (nSPS) is 24.0. The highest BCUT2D eigenvalue weighted by atomic mass is 16.6. The lowest BCUT2D eigenvalue weighted by Crippen LogP contribution is -2.57. The minimum atomic E-state index is -0.421. The van der Waals surface area contributed by atoms with Crippen molar-refractivity contribution in [2.24, 2.45) is 0 Å². The van der Waals surface area contributed by atoms with Crippen LogP contribution in [0.4, 0.5) is 4.79 Å². The SMILES string of the molecule is CNC1(CC2(NC(=O)OC(C)(C)C)CCC2)CC1. The van der Waals surface area contributed by atoms with E-state index < -0.39 is 5.60 Å². The quantitative estimate of drug-likeness (QED) is 0.810. The van der Waals surface area contributed by atoms with Crippen LogP contribution in [-0.4, -0.2) is 29.8 Å². The molecule has 0 spiro atoms. The summed E-state index contributed by atoms with van der Waals surface area (Å²) in [6, 6.07) is 0. The first-order valence-electron chi connectivity index (χ1n) is 6.98. The van der Waals surface area contributed by atoms with E-state index in [0.717, 1.165) is 19.3 Å². The lowest BCUT2D eigenvalue weighted by Gasteiger charge is -2.45. The van der Waals surface area contributed by atoms with Crippen molar-refractivity contribution in [1.29, 1.82) is 0 Å². The van der Waals surface area contributed by atoms with Gasteiger partial charge in [-0.1, -0.05) is 0 Å². The number of alkyl carbamates (subject to hydrolysis) is 1. The fraction of sp³-hybridized carbons (Fsp3) is 0.929. The second-order valence-corrected chi connectivity index (χ2v) is 6.97. The zero-order chi connectivity index (χ0) is 13.4. The summed E-state index contributed by atoms with van der Waals surface area (Å²) in [6.45, 7) is 5.70. The van der Waals surface area contributed by atoms with Crippen molar-refractivity contribution in [2.75, 3.05) is 7.05 Å². The van der Waals surface area contributed by atoms with Crippen LogP contribution in [-0.2, 0) is 4.74 Å². The highest BCUT2D eigenvalue weighted by molar-refractivity contribution is 5.69. The van der Waals surface area contributed by atoms with Crippen molar-refractivity contribution in [3.05, 3.63) is 0 Å². The van der Waals surface area contributed by atoms with Crippen molar-refractivity contribution >= 4 is 6.09 Å². The van der Waals surface area contributed by atoms with E-state index in [1.54, 1.807) is 0 Å². The molecule has 1 amide bonds. The van der Waals surface area contributed by atoms with Crippen molar-refractivity contribution in [3.8, 4) is 0 Å². The third-order valence-corrected chi connectivity index (χ3v) is 4.14. The molecule has 2 rings (SSSR count). The summed E-state index contributed by atoms with van der Waals surface area (Å²) in [4.78, 5) is 11.9. The van der Waals surface area contributed by atoms with E-state index >= 15 is 0 Å². The van der Waals surface area contributed by atoms with Gasteiger partial charge in [0.25, 0.3) is 0 Å². The highest BCUT2D eigenvalue weighted by Gasteiger charge is 2.51. The first kappa shape index (κ1) is 13.7. The zero-order valence-corrected chi connectivity index (χ0v) is 12.1. The Labute approximate surface area is 110 Å². The second kappa shape index (κ2) is 4.41. The van der Waals surface area contributed by atoms with Gasteiger partial charge < -0.3 is 15.4 Å². The number of carbonyl (C=O) groups is 1. The van der Waals surface area contributed by atoms with Crippen LogP contribution in [0.1, 0.15) is 59.3 Å². The van der Waals surface area contributed by atoms with Crippen LogP contribution in [0.15, 0.2) is 0 Å². The van der Waals surface area contributed by atoms with Crippen LogP contribution in [0.2, 0.25) is 0 Å². The van der Waals surface area contributed by atoms with Gasteiger partial charge in [-0.05, 0) is 66.3 Å². The van der Waals surface area contributed by atoms with Gasteiger partial charge in [-0.2, -0.15) is 0 Å². The third-order valence-electron chi connectivity index (χ3n) is 4.14. The van der Waals surface area contributed by atoms with E-state index in [1.165, 1.54) is 19.3 Å². The number of carbonyl (C=O) groups excluding carboxylic acids is 1. The Morgan fingerprint density at radius 1 is 1.17 bits per heavy atom. The van der Waals surface area contributed by atoms with E-state index in [9.17, 15) is 4.79 Å². The molecule has 0 atom stereocenters. The molecular formula is C14H26N2O2. The van der Waals surface area contributed by atoms with Crippen molar-refractivity contribution in [1.82, 2.24) is 10.6 Å². The number of ether oxygens (including phenoxy) is 1. The molecule has 18 heavy (non-hydrogen) atoms. The van der Waals surface area contributed by atoms with Crippen molar-refractivity contribution in [3.63, 3.8) is 0 Å². The van der Waals surface area contributed by atoms with Crippen LogP contribution in [0.3, 0.4) is 0 Å². The molecule has 0 aromatic heterocycles. The van der Waals surface area contributed by atoms with E-state index in [4.69, 9.17) is 4.74 Å². The Balaban J connectivity index is 1.90. The first-order valence-corrected chi connectivity index (χ1v) is 6.98. The van der Waals surface area contributed by atoms with Gasteiger partial charge in [0.1, 0.15) is 5.60 Å². The Hall–Kier alpha value is -0.770. The van der Waals surface area contributed by atoms with Gasteiger partial charge >= 0.3 is 6.09 Å². The Bertz CT molecular complexity index is 325. The lowest BCUT2D eigenvalue weighted by atomic mass is 9.72. The van der Waals surface area contributed by atoms with Crippen molar-refractivity contribution in [2.45, 2.75) is 76.0 Å². The van der Waals surface area contributed by atoms with E-state index in [1.807, 2.05) is 27.8 Å². The lowest BCUT2D eigenvalue weighted by molar-refractivity contribution is 0.0351. The molecule has 0 bridgehead atoms. The van der Waals surface area contributed by atoms with Gasteiger partial charge in [0, 0.05) is 11.1 Å². The third kappa shape index (κ3) is 3.16. The molecule has 2 aliphatic carbocycles. The molecule has 0 aromatic rings. The maximum atomic E-state index is 11.9. The number of amides is 1. The molecule has 104 valence electrons. The predicted molar refractivity (Wildman–Crippen MR) is 71.6 cm³/mol. The topological polar surface area (TPSA) is 50.4 Å². The van der Waals surface area contributed by atoms with Gasteiger partial charge in [0.2, 0.25) is 0 Å². The molecule has 0 aromatic carbocycles. The monoisotopic (exact) mass is 254 g/mol. The summed E-state index contributed by atoms with van der Waals surface area (Å²) in [5, 5.41) is 6.52. The largest absolute Gasteiger partial charge is 0.444 e. The second-order valence-electron chi connectivity index (χ2n) is 6.97. The van der Waals surface area contributed by atoms with Gasteiger partial charge in [-0.3, -0.25) is 0 Å². The summed E-state index contributed by atoms with van der Waals surface area (Å²) < 4.78 is 5.37. The fourth-order valence-corrected chi connectivity index (χ4v) is 2.78. The van der Waals surface area contributed by atoms with Crippen LogP contribution in [0.5, 0.6) is 0 Å². The molecule has 0 heterocycles. The fourth-order valence-electron chi connectivity index (χ4n) is 2.78. The van der Waals surface area contributed by atoms with Crippen LogP contribution < -0.4 is 10.6 Å². The van der Waals surface area contributed by atoms with Crippen molar-refractivity contribution < 1.29 is 9.53 Å².